The summed E-state index contributed by atoms with van der Waals surface area (Å²) < 4.78 is 0. The van der Waals surface area contributed by atoms with E-state index in [1.54, 1.807) is 146 Å². The summed E-state index contributed by atoms with van der Waals surface area (Å²) in [5, 5.41) is 77.9. The van der Waals surface area contributed by atoms with E-state index in [9.17, 15) is 72.5 Å². The number of nitrogens with zero attached hydrogens (tertiary/aromatic N) is 1. The number of aliphatic carboxylic acids is 2. The van der Waals surface area contributed by atoms with Crippen molar-refractivity contribution in [2.45, 2.75) is 295 Å². The van der Waals surface area contributed by atoms with Crippen LogP contribution in [0.1, 0.15) is 202 Å². The van der Waals surface area contributed by atoms with Gasteiger partial charge in [-0.3, -0.25) is 87.5 Å². The van der Waals surface area contributed by atoms with Gasteiger partial charge in [0.05, 0.1) is 19.0 Å². The van der Waals surface area contributed by atoms with Gasteiger partial charge in [0.2, 0.25) is 88.6 Å². The van der Waals surface area contributed by atoms with Crippen LogP contribution in [0.25, 0.3) is 0 Å². The lowest BCUT2D eigenvalue weighted by Gasteiger charge is -2.32. The van der Waals surface area contributed by atoms with Crippen LogP contribution in [0, 0.1) is 40.4 Å². The fourth-order valence-corrected chi connectivity index (χ4v) is 15.3. The molecule has 1 heterocycles. The molecular weight excluding hydrogens is 1770 g/mol. The van der Waals surface area contributed by atoms with Gasteiger partial charge in [-0.05, 0) is 169 Å². The van der Waals surface area contributed by atoms with E-state index in [2.05, 4.69) is 85.1 Å². The number of benzene rings is 3. The highest BCUT2D eigenvalue weighted by Crippen LogP contribution is 2.23. The third-order valence-electron chi connectivity index (χ3n) is 22.5. The molecule has 3 aromatic carbocycles. The van der Waals surface area contributed by atoms with E-state index >= 15 is 19.2 Å². The smallest absolute Gasteiger partial charge is 0.326 e. The molecule has 0 unspecified atom stereocenters. The highest BCUT2D eigenvalue weighted by atomic mass is 16.4. The summed E-state index contributed by atoms with van der Waals surface area (Å²) in [6.45, 7) is 18.9. The highest BCUT2D eigenvalue weighted by Gasteiger charge is 2.43. The summed E-state index contributed by atoms with van der Waals surface area (Å²) in [6, 6.07) is 4.33. The van der Waals surface area contributed by atoms with Crippen LogP contribution in [-0.2, 0) is 101 Å². The number of hydrogen-bond acceptors (Lipinski definition) is 22. The van der Waals surface area contributed by atoms with Crippen LogP contribution >= 0.6 is 0 Å². The Labute approximate surface area is 801 Å². The van der Waals surface area contributed by atoms with E-state index in [1.165, 1.54) is 11.8 Å². The first-order valence-corrected chi connectivity index (χ1v) is 47.2. The molecule has 15 amide bonds. The maximum Gasteiger partial charge on any atom is 0.326 e. The molecule has 3 aromatic rings. The highest BCUT2D eigenvalue weighted by molar-refractivity contribution is 6.01. The summed E-state index contributed by atoms with van der Waals surface area (Å²) in [6.07, 6.45) is 0.391. The lowest BCUT2D eigenvalue weighted by molar-refractivity contribution is -0.143. The van der Waals surface area contributed by atoms with E-state index in [4.69, 9.17) is 39.5 Å². The molecule has 30 N–H and O–H groups in total. The molecule has 0 aromatic heterocycles. The van der Waals surface area contributed by atoms with Crippen molar-refractivity contribution in [3.63, 3.8) is 0 Å². The Morgan fingerprint density at radius 3 is 1.14 bits per heavy atom. The zero-order chi connectivity index (χ0) is 102. The molecular formula is C94H150N24O19. The average molecular weight is 1920 g/mol. The Balaban J connectivity index is 1.66. The van der Waals surface area contributed by atoms with Crippen LogP contribution in [0.5, 0.6) is 0 Å². The number of rotatable bonds is 63. The third kappa shape index (κ3) is 44.2. The minimum atomic E-state index is -1.94. The van der Waals surface area contributed by atoms with E-state index in [-0.39, 0.29) is 153 Å². The van der Waals surface area contributed by atoms with Crippen LogP contribution in [0.4, 0.5) is 0 Å². The molecule has 0 spiro atoms. The maximum atomic E-state index is 15.3. The van der Waals surface area contributed by atoms with E-state index in [0.29, 0.717) is 42.4 Å². The predicted octanol–water partition coefficient (Wildman–Crippen LogP) is -1.34. The number of carboxylic acid groups (broad SMARTS) is 2. The molecule has 0 radical (unpaired) electrons. The number of guanidine groups is 2. The van der Waals surface area contributed by atoms with Gasteiger partial charge in [-0.1, -0.05) is 160 Å². The maximum absolute atomic E-state index is 15.3. The summed E-state index contributed by atoms with van der Waals surface area (Å²) in [5.74, 6) is -17.8. The first kappa shape index (κ1) is 116. The molecule has 43 heteroatoms. The minimum Gasteiger partial charge on any atom is -0.481 e. The third-order valence-corrected chi connectivity index (χ3v) is 22.5. The van der Waals surface area contributed by atoms with E-state index < -0.39 is 222 Å². The van der Waals surface area contributed by atoms with Crippen molar-refractivity contribution in [2.75, 3.05) is 39.3 Å². The van der Waals surface area contributed by atoms with E-state index in [0.717, 1.165) is 0 Å². The van der Waals surface area contributed by atoms with Crippen molar-refractivity contribution in [1.29, 1.82) is 10.8 Å². The second-order valence-corrected chi connectivity index (χ2v) is 36.8. The molecule has 760 valence electrons. The monoisotopic (exact) mass is 1920 g/mol. The number of carbonyl (C=O) groups excluding carboxylic acids is 15. The number of amides is 15. The molecule has 1 aliphatic rings. The topological polar surface area (TPSA) is 704 Å². The van der Waals surface area contributed by atoms with Crippen LogP contribution in [0.3, 0.4) is 0 Å². The second kappa shape index (κ2) is 61.2. The van der Waals surface area contributed by atoms with Gasteiger partial charge in [0.25, 0.3) is 0 Å². The summed E-state index contributed by atoms with van der Waals surface area (Å²) >= 11 is 0. The number of nitrogens with one attached hydrogen (secondary N) is 18. The Hall–Kier alpha value is -12.9. The number of carboxylic acids is 2. The fourth-order valence-electron chi connectivity index (χ4n) is 15.3. The standard InChI is InChI=1S/C94H150N24O19/c1-53(2)44-62(97)79(123)104-52-75(119)106-63(34-21-23-39-95)80(124)105-58(11)78(122)110-68(48-59-28-15-12-16-29-59)85(129)108-65(36-25-41-102-93(98)99)81(125)107-64(35-22-24-40-96)82(126)111-70(50-61-32-19-14-20-33-61)87(131)115-72(46-55(5)6)91(135)118-43-27-38-74(118)89(133)114-67(45-54(3)4)84(128)112-69(49-60-30-17-13-18-31-60)86(130)113-71(51-76(120)121)88(132)109-66(37-26-42-103-94(100)101)83(127)117-77(57(9)10)90(134)116-73(92(136)137)47-56(7)8/h12-20,28-33,53-58,62-74,77H,21-27,34-52,95-97H2,1-11H3,(H,104,123)(H,105,124)(H,106,119)(H,107,125)(H,108,129)(H,109,132)(H,110,122)(H,111,126)(H,112,128)(H,113,130)(H,114,133)(H,115,131)(H,116,134)(H,117,127)(H,120,121)(H,136,137)(H4,98,99,102)(H4,100,101,103)/t58-,62-,63-,64-,65-,66-,67-,68-,69-,70-,71-,72-,73-,74-,77-/m0/s1. The van der Waals surface area contributed by atoms with Gasteiger partial charge in [-0.25, -0.2) is 4.79 Å². The van der Waals surface area contributed by atoms with Crippen molar-refractivity contribution in [3.8, 4) is 0 Å². The predicted molar refractivity (Wildman–Crippen MR) is 514 cm³/mol. The van der Waals surface area contributed by atoms with Gasteiger partial charge in [0, 0.05) is 38.9 Å². The summed E-state index contributed by atoms with van der Waals surface area (Å²) in [7, 11) is 0. The largest absolute Gasteiger partial charge is 0.481 e. The number of nitrogens with two attached hydrogens (primary N) is 5. The molecule has 137 heavy (non-hydrogen) atoms. The van der Waals surface area contributed by atoms with Crippen LogP contribution in [0.15, 0.2) is 91.0 Å². The SMILES string of the molecule is CC(C)C[C@H](NC(=O)[C@@H](NC(=O)[C@H](CCCNC(=N)N)NC(=O)[C@H](CC(=O)O)NC(=O)[C@H](Cc1ccccc1)NC(=O)[C@H](CC(C)C)NC(=O)[C@@H]1CCCN1C(=O)[C@H](CC(C)C)NC(=O)[C@H](Cc1ccccc1)NC(=O)[C@H](CCCCN)NC(=O)[C@H](CCCNC(=N)N)NC(=O)[C@H](Cc1ccccc1)NC(=O)[C@H](C)NC(=O)[C@H](CCCCN)NC(=O)CNC(=O)[C@@H](N)CC(C)C)C(C)C)C(=O)O. The van der Waals surface area contributed by atoms with Gasteiger partial charge in [-0.15, -0.1) is 0 Å². The Bertz CT molecular complexity index is 4460. The molecule has 0 bridgehead atoms. The lowest BCUT2D eigenvalue weighted by Crippen LogP contribution is -2.61. The zero-order valence-corrected chi connectivity index (χ0v) is 80.8. The first-order chi connectivity index (χ1) is 64.8. The summed E-state index contributed by atoms with van der Waals surface area (Å²) in [4.78, 5) is 243. The average Bonchev–Trinajstić information content (AvgIpc) is 1.70. The van der Waals surface area contributed by atoms with Crippen LogP contribution in [-0.4, -0.2) is 257 Å². The quantitative estimate of drug-likeness (QED) is 0.0177. The molecule has 0 saturated carbocycles. The molecule has 1 saturated heterocycles. The second-order valence-electron chi connectivity index (χ2n) is 36.8. The Morgan fingerprint density at radius 2 is 0.730 bits per heavy atom. The number of hydrogen-bond donors (Lipinski definition) is 25. The van der Waals surface area contributed by atoms with Gasteiger partial charge in [0.1, 0.15) is 84.6 Å². The van der Waals surface area contributed by atoms with Gasteiger partial charge < -0.3 is 129 Å². The number of likely N-dealkylation sites (tertiary alicyclic amines) is 1. The lowest BCUT2D eigenvalue weighted by atomic mass is 9.99. The first-order valence-electron chi connectivity index (χ1n) is 47.2. The van der Waals surface area contributed by atoms with Gasteiger partial charge in [-0.2, -0.15) is 0 Å². The molecule has 15 atom stereocenters. The van der Waals surface area contributed by atoms with Crippen molar-refractivity contribution >= 4 is 112 Å². The molecule has 4 rings (SSSR count). The zero-order valence-electron chi connectivity index (χ0n) is 80.8. The molecule has 0 aliphatic carbocycles. The van der Waals surface area contributed by atoms with Crippen LogP contribution < -0.4 is 114 Å². The van der Waals surface area contributed by atoms with Crippen molar-refractivity contribution in [1.82, 2.24) is 90.0 Å². The minimum absolute atomic E-state index is 0.000121. The van der Waals surface area contributed by atoms with Crippen molar-refractivity contribution in [2.24, 2.45) is 58.3 Å². The Kier molecular flexibility index (Phi) is 52.0. The van der Waals surface area contributed by atoms with Crippen molar-refractivity contribution in [3.05, 3.63) is 108 Å². The summed E-state index contributed by atoms with van der Waals surface area (Å²) in [5.41, 5.74) is 30.5. The molecule has 1 aliphatic heterocycles. The number of unbranched alkanes of at least 4 members (excludes halogenated alkanes) is 2. The van der Waals surface area contributed by atoms with Crippen LogP contribution in [0.2, 0.25) is 0 Å². The Morgan fingerprint density at radius 1 is 0.380 bits per heavy atom. The van der Waals surface area contributed by atoms with Crippen molar-refractivity contribution < 1.29 is 91.7 Å². The normalized spacial score (nSPS) is 15.4. The molecule has 1 fully saturated rings. The van der Waals surface area contributed by atoms with Gasteiger partial charge >= 0.3 is 11.9 Å². The number of carbonyl (C=O) groups is 17. The van der Waals surface area contributed by atoms with Gasteiger partial charge in [0.15, 0.2) is 11.9 Å². The fraction of sp³-hybridized carbons (Fsp3) is 0.606. The van der Waals surface area contributed by atoms with E-state index in [1.807, 2.05) is 13.8 Å². The molecule has 43 nitrogen and oxygen atoms in total.